The Balaban J connectivity index is 1.71. The fourth-order valence-corrected chi connectivity index (χ4v) is 3.23. The van der Waals surface area contributed by atoms with Crippen molar-refractivity contribution in [1.29, 1.82) is 0 Å². The largest absolute Gasteiger partial charge is 0.493 e. The van der Waals surface area contributed by atoms with Crippen molar-refractivity contribution in [2.45, 2.75) is 32.2 Å². The lowest BCUT2D eigenvalue weighted by Gasteiger charge is -2.19. The van der Waals surface area contributed by atoms with Crippen LogP contribution in [0.15, 0.2) is 41.4 Å². The highest BCUT2D eigenvalue weighted by Crippen LogP contribution is 2.29. The Hall–Kier alpha value is -2.69. The minimum atomic E-state index is 0.425. The van der Waals surface area contributed by atoms with Gasteiger partial charge in [0.2, 0.25) is 0 Å². The first-order valence-electron chi connectivity index (χ1n) is 8.60. The normalized spacial score (nSPS) is 13.9. The molecule has 0 saturated heterocycles. The average Bonchev–Trinajstić information content (AvgIpc) is 2.66. The van der Waals surface area contributed by atoms with E-state index < -0.39 is 0 Å². The summed E-state index contributed by atoms with van der Waals surface area (Å²) in [5, 5.41) is 3.26. The van der Waals surface area contributed by atoms with Crippen LogP contribution < -0.4 is 20.5 Å². The van der Waals surface area contributed by atoms with Gasteiger partial charge in [-0.1, -0.05) is 18.2 Å². The maximum absolute atomic E-state index is 6.10. The number of ether oxygens (including phenoxy) is 2. The monoisotopic (exact) mass is 339 g/mol. The fraction of sp³-hybridized carbons (Fsp3) is 0.350. The molecule has 2 aromatic carbocycles. The molecular formula is C20H25N3O2. The van der Waals surface area contributed by atoms with Crippen LogP contribution in [0.2, 0.25) is 0 Å². The Kier molecular flexibility index (Phi) is 5.43. The van der Waals surface area contributed by atoms with E-state index in [0.717, 1.165) is 24.1 Å². The van der Waals surface area contributed by atoms with Crippen LogP contribution in [-0.4, -0.2) is 20.2 Å². The molecule has 5 heteroatoms. The Labute approximate surface area is 148 Å². The van der Waals surface area contributed by atoms with Crippen molar-refractivity contribution < 1.29 is 9.47 Å². The summed E-state index contributed by atoms with van der Waals surface area (Å²) in [6.07, 6.45) is 4.74. The highest BCUT2D eigenvalue weighted by atomic mass is 16.5. The zero-order valence-corrected chi connectivity index (χ0v) is 14.8. The Morgan fingerprint density at radius 2 is 1.88 bits per heavy atom. The number of fused-ring (bicyclic) bond motifs is 1. The lowest BCUT2D eigenvalue weighted by Crippen LogP contribution is -2.24. The van der Waals surface area contributed by atoms with Crippen molar-refractivity contribution in [2.75, 3.05) is 19.5 Å². The molecule has 0 amide bonds. The molecule has 25 heavy (non-hydrogen) atoms. The Morgan fingerprint density at radius 3 is 2.68 bits per heavy atom. The summed E-state index contributed by atoms with van der Waals surface area (Å²) in [5.41, 5.74) is 11.0. The molecule has 0 saturated carbocycles. The molecule has 1 aliphatic rings. The molecule has 0 unspecified atom stereocenters. The highest BCUT2D eigenvalue weighted by molar-refractivity contribution is 5.93. The van der Waals surface area contributed by atoms with Crippen LogP contribution in [0.3, 0.4) is 0 Å². The van der Waals surface area contributed by atoms with Crippen molar-refractivity contribution in [3.8, 4) is 11.5 Å². The van der Waals surface area contributed by atoms with Crippen molar-refractivity contribution in [3.63, 3.8) is 0 Å². The molecule has 0 fully saturated rings. The number of rotatable bonds is 5. The lowest BCUT2D eigenvalue weighted by atomic mass is 9.90. The standard InChI is InChI=1S/C20H25N3O2/c1-24-18-11-10-14(12-19(18)25-2)13-22-20(21)23-17-9-5-7-15-6-3-4-8-16(15)17/h5,7,9-12H,3-4,6,8,13H2,1-2H3,(H3,21,22,23). The molecule has 0 heterocycles. The third-order valence-corrected chi connectivity index (χ3v) is 4.54. The van der Waals surface area contributed by atoms with Crippen LogP contribution in [-0.2, 0) is 19.4 Å². The molecule has 0 radical (unpaired) electrons. The third-order valence-electron chi connectivity index (χ3n) is 4.54. The number of methoxy groups -OCH3 is 2. The first kappa shape index (κ1) is 17.1. The summed E-state index contributed by atoms with van der Waals surface area (Å²) in [6, 6.07) is 12.1. The van der Waals surface area contributed by atoms with Crippen LogP contribution >= 0.6 is 0 Å². The maximum atomic E-state index is 6.10. The van der Waals surface area contributed by atoms with Gasteiger partial charge < -0.3 is 20.5 Å². The minimum absolute atomic E-state index is 0.425. The van der Waals surface area contributed by atoms with Gasteiger partial charge in [-0.05, 0) is 60.6 Å². The van der Waals surface area contributed by atoms with E-state index in [0.29, 0.717) is 24.0 Å². The number of nitrogens with one attached hydrogen (secondary N) is 1. The molecule has 132 valence electrons. The molecular weight excluding hydrogens is 314 g/mol. The van der Waals surface area contributed by atoms with Crippen molar-refractivity contribution in [2.24, 2.45) is 10.7 Å². The number of nitrogens with two attached hydrogens (primary N) is 1. The van der Waals surface area contributed by atoms with Crippen LogP contribution in [0.4, 0.5) is 5.69 Å². The SMILES string of the molecule is COc1ccc(CN=C(N)Nc2cccc3c2CCCC3)cc1OC. The second-order valence-electron chi connectivity index (χ2n) is 6.17. The number of benzene rings is 2. The van der Waals surface area contributed by atoms with Crippen LogP contribution in [0.25, 0.3) is 0 Å². The molecule has 0 atom stereocenters. The summed E-state index contributed by atoms with van der Waals surface area (Å²) < 4.78 is 10.6. The summed E-state index contributed by atoms with van der Waals surface area (Å²) in [7, 11) is 3.25. The van der Waals surface area contributed by atoms with Crippen molar-refractivity contribution >= 4 is 11.6 Å². The number of nitrogens with zero attached hydrogens (tertiary/aromatic N) is 1. The number of guanidine groups is 1. The van der Waals surface area contributed by atoms with Gasteiger partial charge in [0.15, 0.2) is 17.5 Å². The molecule has 5 nitrogen and oxygen atoms in total. The number of aliphatic imine (C=N–C) groups is 1. The predicted octanol–water partition coefficient (Wildman–Crippen LogP) is 3.51. The Morgan fingerprint density at radius 1 is 1.08 bits per heavy atom. The zero-order valence-electron chi connectivity index (χ0n) is 14.8. The van der Waals surface area contributed by atoms with E-state index in [-0.39, 0.29) is 0 Å². The average molecular weight is 339 g/mol. The molecule has 0 bridgehead atoms. The van der Waals surface area contributed by atoms with Gasteiger partial charge in [0, 0.05) is 5.69 Å². The molecule has 3 rings (SSSR count). The lowest BCUT2D eigenvalue weighted by molar-refractivity contribution is 0.354. The van der Waals surface area contributed by atoms with Gasteiger partial charge in [0.05, 0.1) is 20.8 Å². The van der Waals surface area contributed by atoms with E-state index >= 15 is 0 Å². The van der Waals surface area contributed by atoms with Crippen molar-refractivity contribution in [3.05, 3.63) is 53.1 Å². The van der Waals surface area contributed by atoms with Crippen LogP contribution in [0.1, 0.15) is 29.5 Å². The van der Waals surface area contributed by atoms with Gasteiger partial charge in [-0.15, -0.1) is 0 Å². The van der Waals surface area contributed by atoms with E-state index in [2.05, 4.69) is 28.5 Å². The van der Waals surface area contributed by atoms with E-state index in [1.165, 1.54) is 24.0 Å². The second-order valence-corrected chi connectivity index (χ2v) is 6.17. The zero-order chi connectivity index (χ0) is 17.6. The smallest absolute Gasteiger partial charge is 0.193 e. The fourth-order valence-electron chi connectivity index (χ4n) is 3.23. The van der Waals surface area contributed by atoms with Gasteiger partial charge in [0.25, 0.3) is 0 Å². The Bertz CT molecular complexity index is 772. The van der Waals surface area contributed by atoms with Crippen LogP contribution in [0.5, 0.6) is 11.5 Å². The molecule has 0 spiro atoms. The topological polar surface area (TPSA) is 68.9 Å². The van der Waals surface area contributed by atoms with Gasteiger partial charge >= 0.3 is 0 Å². The van der Waals surface area contributed by atoms with Gasteiger partial charge in [-0.3, -0.25) is 0 Å². The van der Waals surface area contributed by atoms with E-state index in [1.54, 1.807) is 14.2 Å². The van der Waals surface area contributed by atoms with Gasteiger partial charge in [-0.25, -0.2) is 4.99 Å². The first-order valence-corrected chi connectivity index (χ1v) is 8.60. The second kappa shape index (κ2) is 7.92. The summed E-state index contributed by atoms with van der Waals surface area (Å²) >= 11 is 0. The molecule has 1 aliphatic carbocycles. The summed E-state index contributed by atoms with van der Waals surface area (Å²) in [5.74, 6) is 1.82. The van der Waals surface area contributed by atoms with Crippen LogP contribution in [0, 0.1) is 0 Å². The molecule has 0 aliphatic heterocycles. The third kappa shape index (κ3) is 4.05. The number of anilines is 1. The summed E-state index contributed by atoms with van der Waals surface area (Å²) in [4.78, 5) is 4.46. The van der Waals surface area contributed by atoms with Gasteiger partial charge in [-0.2, -0.15) is 0 Å². The predicted molar refractivity (Wildman–Crippen MR) is 102 cm³/mol. The number of hydrogen-bond donors (Lipinski definition) is 2. The van der Waals surface area contributed by atoms with E-state index in [1.807, 2.05) is 18.2 Å². The highest BCUT2D eigenvalue weighted by Gasteiger charge is 2.13. The quantitative estimate of drug-likeness (QED) is 0.646. The van der Waals surface area contributed by atoms with E-state index in [9.17, 15) is 0 Å². The maximum Gasteiger partial charge on any atom is 0.193 e. The van der Waals surface area contributed by atoms with Gasteiger partial charge in [0.1, 0.15) is 0 Å². The first-order chi connectivity index (χ1) is 12.2. The number of aryl methyl sites for hydroxylation is 1. The van der Waals surface area contributed by atoms with E-state index in [4.69, 9.17) is 15.2 Å². The molecule has 0 aromatic heterocycles. The molecule has 3 N–H and O–H groups in total. The van der Waals surface area contributed by atoms with Crippen molar-refractivity contribution in [1.82, 2.24) is 0 Å². The summed E-state index contributed by atoms with van der Waals surface area (Å²) in [6.45, 7) is 0.480. The minimum Gasteiger partial charge on any atom is -0.493 e. The number of hydrogen-bond acceptors (Lipinski definition) is 3. The molecule has 2 aromatic rings.